The molecule has 0 spiro atoms. The highest BCUT2D eigenvalue weighted by molar-refractivity contribution is 7.80. The van der Waals surface area contributed by atoms with Gasteiger partial charge < -0.3 is 15.4 Å². The second-order valence-electron chi connectivity index (χ2n) is 4.62. The van der Waals surface area contributed by atoms with E-state index in [4.69, 9.17) is 40.2 Å². The van der Waals surface area contributed by atoms with Gasteiger partial charge in [0.25, 0.3) is 0 Å². The third kappa shape index (κ3) is 5.05. The predicted octanol–water partition coefficient (Wildman–Crippen LogP) is 4.17. The van der Waals surface area contributed by atoms with Crippen molar-refractivity contribution in [3.8, 4) is 5.75 Å². The van der Waals surface area contributed by atoms with Crippen molar-refractivity contribution in [2.24, 2.45) is 0 Å². The van der Waals surface area contributed by atoms with Gasteiger partial charge in [0.05, 0.1) is 7.11 Å². The van der Waals surface area contributed by atoms with E-state index < -0.39 is 0 Å². The zero-order valence-corrected chi connectivity index (χ0v) is 14.4. The molecule has 0 saturated carbocycles. The normalized spacial score (nSPS) is 10.1. The number of methoxy groups -OCH3 is 1. The van der Waals surface area contributed by atoms with Gasteiger partial charge in [-0.05, 0) is 47.6 Å². The monoisotopic (exact) mass is 354 g/mol. The SMILES string of the molecule is COc1ccc(CNC(=S)NCc2ccc(Cl)cc2Cl)cc1. The van der Waals surface area contributed by atoms with Gasteiger partial charge in [-0.1, -0.05) is 41.4 Å². The summed E-state index contributed by atoms with van der Waals surface area (Å²) in [5.41, 5.74) is 2.06. The molecular formula is C16H16Cl2N2OS. The average Bonchev–Trinajstić information content (AvgIpc) is 2.52. The molecule has 0 fully saturated rings. The first-order valence-electron chi connectivity index (χ1n) is 6.67. The van der Waals surface area contributed by atoms with E-state index in [1.165, 1.54) is 0 Å². The van der Waals surface area contributed by atoms with Gasteiger partial charge in [0, 0.05) is 23.1 Å². The standard InChI is InChI=1S/C16H16Cl2N2OS/c1-21-14-6-2-11(3-7-14)9-19-16(22)20-10-12-4-5-13(17)8-15(12)18/h2-8H,9-10H2,1H3,(H2,19,20,22). The molecule has 6 heteroatoms. The van der Waals surface area contributed by atoms with Crippen molar-refractivity contribution in [2.45, 2.75) is 13.1 Å². The maximum absolute atomic E-state index is 6.11. The Hall–Kier alpha value is -1.49. The first-order chi connectivity index (χ1) is 10.6. The summed E-state index contributed by atoms with van der Waals surface area (Å²) in [5.74, 6) is 0.835. The molecule has 0 aliphatic heterocycles. The van der Waals surface area contributed by atoms with Crippen LogP contribution in [0.5, 0.6) is 5.75 Å². The van der Waals surface area contributed by atoms with Crippen LogP contribution >= 0.6 is 35.4 Å². The van der Waals surface area contributed by atoms with E-state index in [2.05, 4.69) is 10.6 Å². The molecule has 0 aromatic heterocycles. The van der Waals surface area contributed by atoms with E-state index in [0.29, 0.717) is 28.2 Å². The molecule has 2 aromatic rings. The summed E-state index contributed by atoms with van der Waals surface area (Å²) < 4.78 is 5.12. The number of hydrogen-bond donors (Lipinski definition) is 2. The maximum Gasteiger partial charge on any atom is 0.166 e. The molecule has 0 unspecified atom stereocenters. The largest absolute Gasteiger partial charge is 0.497 e. The third-order valence-corrected chi connectivity index (χ3v) is 3.94. The van der Waals surface area contributed by atoms with Crippen LogP contribution in [0, 0.1) is 0 Å². The molecular weight excluding hydrogens is 339 g/mol. The number of hydrogen-bond acceptors (Lipinski definition) is 2. The topological polar surface area (TPSA) is 33.3 Å². The van der Waals surface area contributed by atoms with Gasteiger partial charge in [-0.15, -0.1) is 0 Å². The molecule has 0 heterocycles. The molecule has 2 rings (SSSR count). The highest BCUT2D eigenvalue weighted by Gasteiger charge is 2.02. The smallest absolute Gasteiger partial charge is 0.166 e. The van der Waals surface area contributed by atoms with Crippen LogP contribution in [0.25, 0.3) is 0 Å². The van der Waals surface area contributed by atoms with Crippen molar-refractivity contribution in [1.82, 2.24) is 10.6 Å². The molecule has 0 bridgehead atoms. The predicted molar refractivity (Wildman–Crippen MR) is 95.7 cm³/mol. The molecule has 116 valence electrons. The van der Waals surface area contributed by atoms with Crippen LogP contribution in [0.3, 0.4) is 0 Å². The van der Waals surface area contributed by atoms with Crippen molar-refractivity contribution in [2.75, 3.05) is 7.11 Å². The molecule has 3 nitrogen and oxygen atoms in total. The highest BCUT2D eigenvalue weighted by atomic mass is 35.5. The molecule has 2 aromatic carbocycles. The number of nitrogens with one attached hydrogen (secondary N) is 2. The van der Waals surface area contributed by atoms with E-state index in [1.54, 1.807) is 19.2 Å². The van der Waals surface area contributed by atoms with Gasteiger partial charge in [0.1, 0.15) is 5.75 Å². The van der Waals surface area contributed by atoms with Crippen molar-refractivity contribution in [3.63, 3.8) is 0 Å². The fourth-order valence-electron chi connectivity index (χ4n) is 1.83. The zero-order chi connectivity index (χ0) is 15.9. The lowest BCUT2D eigenvalue weighted by Gasteiger charge is -2.12. The Morgan fingerprint density at radius 2 is 1.73 bits per heavy atom. The Kier molecular flexibility index (Phi) is 6.31. The molecule has 0 radical (unpaired) electrons. The third-order valence-electron chi connectivity index (χ3n) is 3.07. The number of ether oxygens (including phenoxy) is 1. The van der Waals surface area contributed by atoms with E-state index >= 15 is 0 Å². The van der Waals surface area contributed by atoms with Crippen LogP contribution in [0.4, 0.5) is 0 Å². The van der Waals surface area contributed by atoms with Crippen LogP contribution in [0.15, 0.2) is 42.5 Å². The Balaban J connectivity index is 1.80. The van der Waals surface area contributed by atoms with Crippen LogP contribution in [-0.4, -0.2) is 12.2 Å². The van der Waals surface area contributed by atoms with Gasteiger partial charge in [0.15, 0.2) is 5.11 Å². The van der Waals surface area contributed by atoms with Crippen LogP contribution < -0.4 is 15.4 Å². The van der Waals surface area contributed by atoms with E-state index in [9.17, 15) is 0 Å². The Morgan fingerprint density at radius 1 is 1.05 bits per heavy atom. The minimum atomic E-state index is 0.546. The van der Waals surface area contributed by atoms with Crippen LogP contribution in [0.1, 0.15) is 11.1 Å². The first-order valence-corrected chi connectivity index (χ1v) is 7.83. The molecule has 22 heavy (non-hydrogen) atoms. The number of rotatable bonds is 5. The van der Waals surface area contributed by atoms with Gasteiger partial charge >= 0.3 is 0 Å². The van der Waals surface area contributed by atoms with Crippen molar-refractivity contribution < 1.29 is 4.74 Å². The molecule has 0 saturated heterocycles. The minimum absolute atomic E-state index is 0.546. The quantitative estimate of drug-likeness (QED) is 0.789. The Morgan fingerprint density at radius 3 is 2.36 bits per heavy atom. The molecule has 0 amide bonds. The number of thiocarbonyl (C=S) groups is 1. The van der Waals surface area contributed by atoms with Gasteiger partial charge in [-0.2, -0.15) is 0 Å². The first kappa shape index (κ1) is 16.9. The van der Waals surface area contributed by atoms with E-state index in [-0.39, 0.29) is 0 Å². The summed E-state index contributed by atoms with van der Waals surface area (Å²) in [6.07, 6.45) is 0. The lowest BCUT2D eigenvalue weighted by molar-refractivity contribution is 0.414. The highest BCUT2D eigenvalue weighted by Crippen LogP contribution is 2.20. The van der Waals surface area contributed by atoms with Crippen molar-refractivity contribution >= 4 is 40.5 Å². The second-order valence-corrected chi connectivity index (χ2v) is 5.87. The summed E-state index contributed by atoms with van der Waals surface area (Å²) >= 11 is 17.2. The van der Waals surface area contributed by atoms with Crippen LogP contribution in [0.2, 0.25) is 10.0 Å². The molecule has 0 aliphatic carbocycles. The maximum atomic E-state index is 6.11. The molecule has 0 atom stereocenters. The fraction of sp³-hybridized carbons (Fsp3) is 0.188. The summed E-state index contributed by atoms with van der Waals surface area (Å²) in [4.78, 5) is 0. The molecule has 2 N–H and O–H groups in total. The van der Waals surface area contributed by atoms with Crippen LogP contribution in [-0.2, 0) is 13.1 Å². The number of benzene rings is 2. The zero-order valence-electron chi connectivity index (χ0n) is 12.0. The molecule has 0 aliphatic rings. The van der Waals surface area contributed by atoms with Crippen molar-refractivity contribution in [3.05, 3.63) is 63.6 Å². The van der Waals surface area contributed by atoms with Gasteiger partial charge in [-0.3, -0.25) is 0 Å². The van der Waals surface area contributed by atoms with Gasteiger partial charge in [-0.25, -0.2) is 0 Å². The summed E-state index contributed by atoms with van der Waals surface area (Å²) in [6.45, 7) is 1.19. The fourth-order valence-corrected chi connectivity index (χ4v) is 2.45. The van der Waals surface area contributed by atoms with Gasteiger partial charge in [0.2, 0.25) is 0 Å². The summed E-state index contributed by atoms with van der Waals surface area (Å²) in [6, 6.07) is 13.2. The van der Waals surface area contributed by atoms with Crippen molar-refractivity contribution in [1.29, 1.82) is 0 Å². The number of halogens is 2. The Labute approximate surface area is 145 Å². The summed E-state index contributed by atoms with van der Waals surface area (Å²) in [5, 5.41) is 8.08. The summed E-state index contributed by atoms with van der Waals surface area (Å²) in [7, 11) is 1.65. The van der Waals surface area contributed by atoms with E-state index in [1.807, 2.05) is 30.3 Å². The second kappa shape index (κ2) is 8.22. The average molecular weight is 355 g/mol. The lowest BCUT2D eigenvalue weighted by Crippen LogP contribution is -2.34. The lowest BCUT2D eigenvalue weighted by atomic mass is 10.2. The Bertz CT molecular complexity index is 647. The minimum Gasteiger partial charge on any atom is -0.497 e. The van der Waals surface area contributed by atoms with E-state index in [0.717, 1.165) is 16.9 Å².